The summed E-state index contributed by atoms with van der Waals surface area (Å²) in [5.74, 6) is 0.773. The van der Waals surface area contributed by atoms with Crippen LogP contribution in [0.5, 0.6) is 0 Å². The lowest BCUT2D eigenvalue weighted by atomic mass is 10.3. The van der Waals surface area contributed by atoms with E-state index in [9.17, 15) is 9.59 Å². The van der Waals surface area contributed by atoms with Gasteiger partial charge in [-0.3, -0.25) is 9.59 Å². The zero-order valence-electron chi connectivity index (χ0n) is 9.56. The highest BCUT2D eigenvalue weighted by atomic mass is 16.2. The van der Waals surface area contributed by atoms with E-state index in [1.165, 1.54) is 12.1 Å². The number of hydrogen-bond acceptors (Lipinski definition) is 3. The van der Waals surface area contributed by atoms with Crippen molar-refractivity contribution >= 4 is 11.7 Å². The molecule has 1 amide bonds. The van der Waals surface area contributed by atoms with E-state index in [4.69, 9.17) is 0 Å². The van der Waals surface area contributed by atoms with E-state index >= 15 is 0 Å². The summed E-state index contributed by atoms with van der Waals surface area (Å²) in [5.41, 5.74) is -0.105. The van der Waals surface area contributed by atoms with Gasteiger partial charge in [0, 0.05) is 32.2 Å². The second kappa shape index (κ2) is 4.86. The van der Waals surface area contributed by atoms with Gasteiger partial charge in [0.25, 0.3) is 0 Å². The molecule has 90 valence electrons. The number of aromatic amines is 1. The predicted octanol–water partition coefficient (Wildman–Crippen LogP) is 0.210. The minimum atomic E-state index is -0.105. The molecule has 0 spiro atoms. The van der Waals surface area contributed by atoms with E-state index < -0.39 is 0 Å². The quantitative estimate of drug-likeness (QED) is 0.743. The van der Waals surface area contributed by atoms with Gasteiger partial charge >= 0.3 is 0 Å². The summed E-state index contributed by atoms with van der Waals surface area (Å²) < 4.78 is 0. The number of hydrogen-bond donors (Lipinski definition) is 1. The highest BCUT2D eigenvalue weighted by Crippen LogP contribution is 2.11. The molecule has 1 aromatic rings. The molecule has 1 aliphatic rings. The van der Waals surface area contributed by atoms with Crippen LogP contribution in [0.3, 0.4) is 0 Å². The lowest BCUT2D eigenvalue weighted by molar-refractivity contribution is -0.126. The smallest absolute Gasteiger partial charge is 0.249 e. The Morgan fingerprint density at radius 1 is 1.29 bits per heavy atom. The number of pyridine rings is 1. The summed E-state index contributed by atoms with van der Waals surface area (Å²) in [6, 6.07) is 5.09. The van der Waals surface area contributed by atoms with Crippen LogP contribution in [0.2, 0.25) is 0 Å². The maximum atomic E-state index is 11.4. The lowest BCUT2D eigenvalue weighted by Crippen LogP contribution is -2.48. The second-order valence-electron chi connectivity index (χ2n) is 3.92. The molecule has 1 N–H and O–H groups in total. The van der Waals surface area contributed by atoms with Gasteiger partial charge in [0.1, 0.15) is 5.82 Å². The number of amides is 1. The number of rotatable bonds is 2. The fourth-order valence-corrected chi connectivity index (χ4v) is 1.92. The Morgan fingerprint density at radius 3 is 2.59 bits per heavy atom. The molecule has 1 aliphatic heterocycles. The van der Waals surface area contributed by atoms with Crippen molar-refractivity contribution in [3.05, 3.63) is 41.2 Å². The molecule has 5 nitrogen and oxygen atoms in total. The first kappa shape index (κ1) is 11.4. The predicted molar refractivity (Wildman–Crippen MR) is 66.1 cm³/mol. The van der Waals surface area contributed by atoms with Crippen LogP contribution in [-0.2, 0) is 4.79 Å². The van der Waals surface area contributed by atoms with Gasteiger partial charge in [-0.15, -0.1) is 0 Å². The number of carbonyl (C=O) groups is 1. The molecule has 1 fully saturated rings. The van der Waals surface area contributed by atoms with Gasteiger partial charge < -0.3 is 14.8 Å². The third kappa shape index (κ3) is 2.55. The number of nitrogens with zero attached hydrogens (tertiary/aromatic N) is 2. The van der Waals surface area contributed by atoms with Gasteiger partial charge in [0.15, 0.2) is 0 Å². The fraction of sp³-hybridized carbons (Fsp3) is 0.333. The molecular formula is C12H15N3O2. The summed E-state index contributed by atoms with van der Waals surface area (Å²) in [7, 11) is 0. The first-order chi connectivity index (χ1) is 8.20. The Hall–Kier alpha value is -2.04. The van der Waals surface area contributed by atoms with Crippen molar-refractivity contribution in [3.63, 3.8) is 0 Å². The van der Waals surface area contributed by atoms with Gasteiger partial charge in [0.2, 0.25) is 11.5 Å². The molecular weight excluding hydrogens is 218 g/mol. The fourth-order valence-electron chi connectivity index (χ4n) is 1.92. The van der Waals surface area contributed by atoms with Crippen molar-refractivity contribution < 1.29 is 4.79 Å². The largest absolute Gasteiger partial charge is 0.355 e. The van der Waals surface area contributed by atoms with Crippen molar-refractivity contribution in [2.75, 3.05) is 31.1 Å². The van der Waals surface area contributed by atoms with Crippen molar-refractivity contribution in [1.82, 2.24) is 9.88 Å². The van der Waals surface area contributed by atoms with E-state index in [1.54, 1.807) is 11.0 Å². The topological polar surface area (TPSA) is 56.4 Å². The van der Waals surface area contributed by atoms with Crippen molar-refractivity contribution in [2.24, 2.45) is 0 Å². The monoisotopic (exact) mass is 233 g/mol. The Bertz CT molecular complexity index is 473. The van der Waals surface area contributed by atoms with Crippen molar-refractivity contribution in [3.8, 4) is 0 Å². The average Bonchev–Trinajstić information content (AvgIpc) is 2.38. The first-order valence-corrected chi connectivity index (χ1v) is 5.56. The van der Waals surface area contributed by atoms with E-state index in [-0.39, 0.29) is 11.5 Å². The molecule has 0 aliphatic carbocycles. The molecule has 1 saturated heterocycles. The molecule has 0 aromatic carbocycles. The van der Waals surface area contributed by atoms with E-state index in [0.717, 1.165) is 18.9 Å². The van der Waals surface area contributed by atoms with Crippen LogP contribution >= 0.6 is 0 Å². The Morgan fingerprint density at radius 2 is 2.00 bits per heavy atom. The molecule has 1 aromatic heterocycles. The van der Waals surface area contributed by atoms with Crippen LogP contribution in [0.25, 0.3) is 0 Å². The minimum absolute atomic E-state index is 0.0359. The molecule has 0 bridgehead atoms. The summed E-state index contributed by atoms with van der Waals surface area (Å²) in [4.78, 5) is 29.2. The highest BCUT2D eigenvalue weighted by Gasteiger charge is 2.19. The van der Waals surface area contributed by atoms with Gasteiger partial charge in [0.05, 0.1) is 0 Å². The zero-order chi connectivity index (χ0) is 12.3. The van der Waals surface area contributed by atoms with E-state index in [0.29, 0.717) is 13.1 Å². The van der Waals surface area contributed by atoms with Crippen LogP contribution in [-0.4, -0.2) is 42.0 Å². The molecule has 17 heavy (non-hydrogen) atoms. The van der Waals surface area contributed by atoms with Gasteiger partial charge in [-0.25, -0.2) is 0 Å². The lowest BCUT2D eigenvalue weighted by Gasteiger charge is -2.35. The van der Waals surface area contributed by atoms with Crippen molar-refractivity contribution in [2.45, 2.75) is 0 Å². The molecule has 2 rings (SSSR count). The van der Waals surface area contributed by atoms with Gasteiger partial charge in [-0.2, -0.15) is 0 Å². The summed E-state index contributed by atoms with van der Waals surface area (Å²) in [6.45, 7) is 6.22. The number of H-pyrrole nitrogens is 1. The van der Waals surface area contributed by atoms with Crippen LogP contribution in [0, 0.1) is 0 Å². The van der Waals surface area contributed by atoms with E-state index in [1.807, 2.05) is 6.07 Å². The molecule has 0 saturated carbocycles. The SMILES string of the molecule is C=CC(=O)N1CCN(c2cccc(=O)[nH]2)CC1. The van der Waals surface area contributed by atoms with Crippen LogP contribution in [0.4, 0.5) is 5.82 Å². The Balaban J connectivity index is 2.02. The van der Waals surface area contributed by atoms with Crippen LogP contribution in [0.1, 0.15) is 0 Å². The standard InChI is InChI=1S/C12H15N3O2/c1-2-12(17)15-8-6-14(7-9-15)10-4-3-5-11(16)13-10/h2-5H,1,6-9H2,(H,13,16). The van der Waals surface area contributed by atoms with Gasteiger partial charge in [-0.1, -0.05) is 12.6 Å². The second-order valence-corrected chi connectivity index (χ2v) is 3.92. The summed E-state index contributed by atoms with van der Waals surface area (Å²) >= 11 is 0. The number of aromatic nitrogens is 1. The van der Waals surface area contributed by atoms with E-state index in [2.05, 4.69) is 16.5 Å². The normalized spacial score (nSPS) is 15.8. The molecule has 0 atom stereocenters. The molecule has 0 radical (unpaired) electrons. The average molecular weight is 233 g/mol. The summed E-state index contributed by atoms with van der Waals surface area (Å²) in [6.07, 6.45) is 1.33. The molecule has 2 heterocycles. The summed E-state index contributed by atoms with van der Waals surface area (Å²) in [5, 5.41) is 0. The number of piperazine rings is 1. The van der Waals surface area contributed by atoms with Gasteiger partial charge in [-0.05, 0) is 12.1 Å². The highest BCUT2D eigenvalue weighted by molar-refractivity contribution is 5.87. The number of nitrogens with one attached hydrogen (secondary N) is 1. The third-order valence-electron chi connectivity index (χ3n) is 2.86. The third-order valence-corrected chi connectivity index (χ3v) is 2.86. The number of anilines is 1. The van der Waals surface area contributed by atoms with Crippen LogP contribution in [0.15, 0.2) is 35.6 Å². The maximum absolute atomic E-state index is 11.4. The number of carbonyl (C=O) groups excluding carboxylic acids is 1. The maximum Gasteiger partial charge on any atom is 0.249 e. The van der Waals surface area contributed by atoms with Crippen molar-refractivity contribution in [1.29, 1.82) is 0 Å². The molecule has 5 heteroatoms. The Labute approximate surface area is 99.4 Å². The molecule has 0 unspecified atom stereocenters. The first-order valence-electron chi connectivity index (χ1n) is 5.56. The zero-order valence-corrected chi connectivity index (χ0v) is 9.56. The van der Waals surface area contributed by atoms with Crippen LogP contribution < -0.4 is 10.5 Å². The Kier molecular flexibility index (Phi) is 3.27. The minimum Gasteiger partial charge on any atom is -0.355 e.